The lowest BCUT2D eigenvalue weighted by Gasteiger charge is -2.28. The first-order valence-corrected chi connectivity index (χ1v) is 8.49. The van der Waals surface area contributed by atoms with Crippen molar-refractivity contribution >= 4 is 39.0 Å². The number of hydrogen-bond acceptors (Lipinski definition) is 2. The number of aromatic nitrogens is 2. The number of carbonyl (C=O) groups is 1. The molecule has 23 heavy (non-hydrogen) atoms. The van der Waals surface area contributed by atoms with Gasteiger partial charge in [0.05, 0.1) is 10.5 Å². The number of amides is 1. The second-order valence-corrected chi connectivity index (χ2v) is 6.99. The number of fused-ring (bicyclic) bond motifs is 2. The maximum absolute atomic E-state index is 12.8. The third-order valence-electron chi connectivity index (χ3n) is 4.11. The van der Waals surface area contributed by atoms with Crippen molar-refractivity contribution in [3.8, 4) is 0 Å². The number of benzene rings is 1. The van der Waals surface area contributed by atoms with Crippen LogP contribution in [-0.2, 0) is 13.0 Å². The molecule has 0 saturated heterocycles. The van der Waals surface area contributed by atoms with E-state index in [1.54, 1.807) is 22.8 Å². The minimum Gasteiger partial charge on any atom is -0.333 e. The van der Waals surface area contributed by atoms with Crippen LogP contribution >= 0.6 is 27.5 Å². The maximum atomic E-state index is 12.8. The third-order valence-corrected chi connectivity index (χ3v) is 4.83. The zero-order chi connectivity index (χ0) is 16.0. The molecular formula is C17H13BrClN3O. The molecule has 0 N–H and O–H groups in total. The predicted octanol–water partition coefficient (Wildman–Crippen LogP) is 3.95. The van der Waals surface area contributed by atoms with Crippen LogP contribution in [0.4, 0.5) is 0 Å². The van der Waals surface area contributed by atoms with E-state index in [9.17, 15) is 4.79 Å². The van der Waals surface area contributed by atoms with E-state index in [1.165, 1.54) is 11.1 Å². The van der Waals surface area contributed by atoms with Crippen molar-refractivity contribution in [2.24, 2.45) is 0 Å². The summed E-state index contributed by atoms with van der Waals surface area (Å²) in [5.74, 6) is -0.0459. The summed E-state index contributed by atoms with van der Waals surface area (Å²) in [7, 11) is 0. The van der Waals surface area contributed by atoms with E-state index in [1.807, 2.05) is 17.0 Å². The summed E-state index contributed by atoms with van der Waals surface area (Å²) < 4.78 is 2.68. The topological polar surface area (TPSA) is 37.6 Å². The molecule has 3 heterocycles. The average molecular weight is 391 g/mol. The minimum atomic E-state index is -0.0459. The van der Waals surface area contributed by atoms with Crippen LogP contribution in [-0.4, -0.2) is 27.0 Å². The van der Waals surface area contributed by atoms with E-state index >= 15 is 0 Å². The first kappa shape index (κ1) is 14.7. The highest BCUT2D eigenvalue weighted by Gasteiger charge is 2.23. The molecule has 0 aliphatic carbocycles. The highest BCUT2D eigenvalue weighted by Crippen LogP contribution is 2.24. The molecular weight excluding hydrogens is 378 g/mol. The Hall–Kier alpha value is -1.85. The molecule has 1 aliphatic rings. The van der Waals surface area contributed by atoms with Crippen molar-refractivity contribution in [1.82, 2.24) is 14.5 Å². The van der Waals surface area contributed by atoms with E-state index in [0.29, 0.717) is 23.8 Å². The van der Waals surface area contributed by atoms with Gasteiger partial charge < -0.3 is 4.90 Å². The number of carbonyl (C=O) groups excluding carboxylic acids is 1. The Morgan fingerprint density at radius 3 is 2.91 bits per heavy atom. The average Bonchev–Trinajstić information content (AvgIpc) is 2.96. The Morgan fingerprint density at radius 2 is 2.04 bits per heavy atom. The van der Waals surface area contributed by atoms with Crippen LogP contribution in [0.15, 0.2) is 47.1 Å². The Balaban J connectivity index is 1.63. The van der Waals surface area contributed by atoms with Gasteiger partial charge in [0.15, 0.2) is 5.69 Å². The lowest BCUT2D eigenvalue weighted by molar-refractivity contribution is 0.0728. The number of rotatable bonds is 1. The Morgan fingerprint density at radius 1 is 1.17 bits per heavy atom. The fourth-order valence-corrected chi connectivity index (χ4v) is 3.49. The number of nitrogens with zero attached hydrogens (tertiary/aromatic N) is 3. The van der Waals surface area contributed by atoms with Crippen molar-refractivity contribution in [3.05, 3.63) is 68.9 Å². The summed E-state index contributed by atoms with van der Waals surface area (Å²) in [6.45, 7) is 1.32. The zero-order valence-corrected chi connectivity index (χ0v) is 14.5. The van der Waals surface area contributed by atoms with E-state index in [2.05, 4.69) is 33.2 Å². The number of halogens is 2. The van der Waals surface area contributed by atoms with Gasteiger partial charge in [0.1, 0.15) is 0 Å². The van der Waals surface area contributed by atoms with Gasteiger partial charge in [-0.2, -0.15) is 5.10 Å². The highest BCUT2D eigenvalue weighted by molar-refractivity contribution is 9.10. The molecule has 0 saturated carbocycles. The molecule has 0 atom stereocenters. The van der Waals surface area contributed by atoms with E-state index in [0.717, 1.165) is 16.4 Å². The SMILES string of the molecule is O=C(c1cc2ccc(Cl)cn2n1)N1CCc2ccc(Br)cc2C1. The number of pyridine rings is 1. The van der Waals surface area contributed by atoms with Crippen LogP contribution in [0.25, 0.3) is 5.52 Å². The van der Waals surface area contributed by atoms with Crippen molar-refractivity contribution in [3.63, 3.8) is 0 Å². The normalized spacial score (nSPS) is 14.1. The molecule has 0 fully saturated rings. The van der Waals surface area contributed by atoms with Crippen molar-refractivity contribution in [2.45, 2.75) is 13.0 Å². The van der Waals surface area contributed by atoms with Gasteiger partial charge in [-0.1, -0.05) is 33.6 Å². The highest BCUT2D eigenvalue weighted by atomic mass is 79.9. The Labute approximate surface area is 146 Å². The van der Waals surface area contributed by atoms with Gasteiger partial charge in [0, 0.05) is 23.8 Å². The molecule has 116 valence electrons. The fourth-order valence-electron chi connectivity index (χ4n) is 2.93. The Bertz CT molecular complexity index is 921. The summed E-state index contributed by atoms with van der Waals surface area (Å²) in [6, 6.07) is 11.7. The van der Waals surface area contributed by atoms with Crippen LogP contribution in [0.2, 0.25) is 5.02 Å². The smallest absolute Gasteiger partial charge is 0.274 e. The summed E-state index contributed by atoms with van der Waals surface area (Å²) in [5.41, 5.74) is 3.80. The maximum Gasteiger partial charge on any atom is 0.274 e. The summed E-state index contributed by atoms with van der Waals surface area (Å²) in [6.07, 6.45) is 2.57. The zero-order valence-electron chi connectivity index (χ0n) is 12.2. The molecule has 0 spiro atoms. The first-order valence-electron chi connectivity index (χ1n) is 7.32. The van der Waals surface area contributed by atoms with E-state index in [-0.39, 0.29) is 5.91 Å². The van der Waals surface area contributed by atoms with Crippen LogP contribution < -0.4 is 0 Å². The number of hydrogen-bond donors (Lipinski definition) is 0. The van der Waals surface area contributed by atoms with Gasteiger partial charge in [0.25, 0.3) is 5.91 Å². The molecule has 6 heteroatoms. The molecule has 1 amide bonds. The summed E-state index contributed by atoms with van der Waals surface area (Å²) in [4.78, 5) is 14.6. The quantitative estimate of drug-likeness (QED) is 0.631. The largest absolute Gasteiger partial charge is 0.333 e. The Kier molecular flexibility index (Phi) is 3.62. The van der Waals surface area contributed by atoms with Crippen molar-refractivity contribution in [2.75, 3.05) is 6.54 Å². The van der Waals surface area contributed by atoms with Gasteiger partial charge in [-0.05, 0) is 47.9 Å². The van der Waals surface area contributed by atoms with Crippen molar-refractivity contribution < 1.29 is 4.79 Å². The summed E-state index contributed by atoms with van der Waals surface area (Å²) in [5, 5.41) is 4.95. The first-order chi connectivity index (χ1) is 11.1. The molecule has 0 radical (unpaired) electrons. The van der Waals surface area contributed by atoms with Gasteiger partial charge in [-0.15, -0.1) is 0 Å². The molecule has 4 nitrogen and oxygen atoms in total. The predicted molar refractivity (Wildman–Crippen MR) is 92.8 cm³/mol. The standard InChI is InChI=1S/C17H13BrClN3O/c18-13-2-1-11-5-6-21(9-12(11)7-13)17(23)16-8-15-4-3-14(19)10-22(15)20-16/h1-4,7-8,10H,5-6,9H2. The van der Waals surface area contributed by atoms with Gasteiger partial charge in [0.2, 0.25) is 0 Å². The van der Waals surface area contributed by atoms with Crippen LogP contribution in [0.1, 0.15) is 21.6 Å². The molecule has 2 aromatic heterocycles. The molecule has 1 aromatic carbocycles. The lowest BCUT2D eigenvalue weighted by atomic mass is 10.00. The minimum absolute atomic E-state index is 0.0459. The summed E-state index contributed by atoms with van der Waals surface area (Å²) >= 11 is 9.46. The second-order valence-electron chi connectivity index (χ2n) is 5.64. The van der Waals surface area contributed by atoms with Crippen LogP contribution in [0.3, 0.4) is 0 Å². The third kappa shape index (κ3) is 2.75. The van der Waals surface area contributed by atoms with Crippen molar-refractivity contribution in [1.29, 1.82) is 0 Å². The van der Waals surface area contributed by atoms with E-state index < -0.39 is 0 Å². The molecule has 4 rings (SSSR count). The van der Waals surface area contributed by atoms with Crippen LogP contribution in [0.5, 0.6) is 0 Å². The van der Waals surface area contributed by atoms with Gasteiger partial charge >= 0.3 is 0 Å². The monoisotopic (exact) mass is 389 g/mol. The molecule has 1 aliphatic heterocycles. The lowest BCUT2D eigenvalue weighted by Crippen LogP contribution is -2.36. The van der Waals surface area contributed by atoms with Crippen LogP contribution in [0, 0.1) is 0 Å². The molecule has 0 unspecified atom stereocenters. The van der Waals surface area contributed by atoms with E-state index in [4.69, 9.17) is 11.6 Å². The van der Waals surface area contributed by atoms with Gasteiger partial charge in [-0.3, -0.25) is 4.79 Å². The second kappa shape index (κ2) is 5.65. The molecule has 0 bridgehead atoms. The molecule has 3 aromatic rings. The van der Waals surface area contributed by atoms with Gasteiger partial charge in [-0.25, -0.2) is 4.52 Å². The fraction of sp³-hybridized carbons (Fsp3) is 0.176.